The van der Waals surface area contributed by atoms with Crippen molar-refractivity contribution in [3.63, 3.8) is 0 Å². The van der Waals surface area contributed by atoms with Gasteiger partial charge in [0.05, 0.1) is 5.69 Å². The van der Waals surface area contributed by atoms with Crippen molar-refractivity contribution in [2.45, 2.75) is 12.5 Å². The van der Waals surface area contributed by atoms with Gasteiger partial charge in [-0.1, -0.05) is 60.7 Å². The van der Waals surface area contributed by atoms with Gasteiger partial charge in [-0.2, -0.15) is 0 Å². The molecule has 0 saturated carbocycles. The van der Waals surface area contributed by atoms with Crippen LogP contribution in [-0.4, -0.2) is 16.1 Å². The first-order valence-electron chi connectivity index (χ1n) is 7.31. The molecule has 0 bridgehead atoms. The average molecular weight is 275 g/mol. The summed E-state index contributed by atoms with van der Waals surface area (Å²) in [7, 11) is 0. The van der Waals surface area contributed by atoms with Crippen molar-refractivity contribution in [2.75, 3.05) is 11.9 Å². The molecule has 2 aromatic carbocycles. The monoisotopic (exact) mass is 275 g/mol. The number of aromatic nitrogens is 2. The third kappa shape index (κ3) is 2.31. The van der Waals surface area contributed by atoms with Gasteiger partial charge in [-0.05, 0) is 5.56 Å². The van der Waals surface area contributed by atoms with Gasteiger partial charge in [0.15, 0.2) is 0 Å². The van der Waals surface area contributed by atoms with Gasteiger partial charge in [-0.3, -0.25) is 0 Å². The first-order chi connectivity index (χ1) is 10.4. The van der Waals surface area contributed by atoms with Crippen molar-refractivity contribution in [2.24, 2.45) is 0 Å². The maximum atomic E-state index is 4.70. The molecule has 1 aliphatic rings. The lowest BCUT2D eigenvalue weighted by Crippen LogP contribution is -2.25. The molecule has 0 amide bonds. The third-order valence-electron chi connectivity index (χ3n) is 4.04. The van der Waals surface area contributed by atoms with Gasteiger partial charge in [-0.15, -0.1) is 0 Å². The Hall–Kier alpha value is -2.55. The minimum absolute atomic E-state index is 0.497. The fourth-order valence-electron chi connectivity index (χ4n) is 2.91. The second-order valence-corrected chi connectivity index (χ2v) is 5.46. The highest BCUT2D eigenvalue weighted by molar-refractivity contribution is 5.60. The predicted octanol–water partition coefficient (Wildman–Crippen LogP) is 3.76. The predicted molar refractivity (Wildman–Crippen MR) is 85.3 cm³/mol. The van der Waals surface area contributed by atoms with E-state index >= 15 is 0 Å². The first-order valence-corrected chi connectivity index (χ1v) is 7.31. The summed E-state index contributed by atoms with van der Waals surface area (Å²) in [6, 6.07) is 21.0. The fourth-order valence-corrected chi connectivity index (χ4v) is 2.91. The second kappa shape index (κ2) is 5.09. The number of imidazole rings is 1. The van der Waals surface area contributed by atoms with Crippen LogP contribution in [0.2, 0.25) is 0 Å². The first kappa shape index (κ1) is 12.2. The van der Waals surface area contributed by atoms with Crippen molar-refractivity contribution < 1.29 is 0 Å². The smallest absolute Gasteiger partial charge is 0.203 e. The summed E-state index contributed by atoms with van der Waals surface area (Å²) in [5.74, 6) is 1.47. The van der Waals surface area contributed by atoms with Gasteiger partial charge in [0, 0.05) is 30.8 Å². The van der Waals surface area contributed by atoms with Gasteiger partial charge < -0.3 is 9.88 Å². The molecule has 0 radical (unpaired) electrons. The Kier molecular flexibility index (Phi) is 2.96. The van der Waals surface area contributed by atoms with E-state index in [-0.39, 0.29) is 0 Å². The Bertz CT molecular complexity index is 732. The van der Waals surface area contributed by atoms with Gasteiger partial charge in [-0.25, -0.2) is 4.98 Å². The molecule has 3 aromatic rings. The summed E-state index contributed by atoms with van der Waals surface area (Å²) < 4.78 is 2.23. The minimum atomic E-state index is 0.497. The number of benzene rings is 2. The van der Waals surface area contributed by atoms with Crippen LogP contribution in [0.4, 0.5) is 5.95 Å². The molecule has 21 heavy (non-hydrogen) atoms. The van der Waals surface area contributed by atoms with E-state index in [1.165, 1.54) is 5.56 Å². The molecule has 3 heteroatoms. The van der Waals surface area contributed by atoms with E-state index in [0.717, 1.165) is 30.3 Å². The van der Waals surface area contributed by atoms with E-state index < -0.39 is 0 Å². The van der Waals surface area contributed by atoms with Crippen molar-refractivity contribution in [3.05, 3.63) is 72.4 Å². The van der Waals surface area contributed by atoms with E-state index in [9.17, 15) is 0 Å². The summed E-state index contributed by atoms with van der Waals surface area (Å²) in [5.41, 5.74) is 3.58. The summed E-state index contributed by atoms with van der Waals surface area (Å²) >= 11 is 0. The van der Waals surface area contributed by atoms with Gasteiger partial charge in [0.25, 0.3) is 0 Å². The summed E-state index contributed by atoms with van der Waals surface area (Å²) in [6.07, 6.45) is 2.15. The minimum Gasteiger partial charge on any atom is -0.355 e. The van der Waals surface area contributed by atoms with Crippen LogP contribution >= 0.6 is 0 Å². The van der Waals surface area contributed by atoms with Crippen LogP contribution in [-0.2, 0) is 6.54 Å². The van der Waals surface area contributed by atoms with Crippen LogP contribution < -0.4 is 5.32 Å². The highest BCUT2D eigenvalue weighted by atomic mass is 15.2. The highest BCUT2D eigenvalue weighted by Gasteiger charge is 2.21. The molecule has 1 aromatic heterocycles. The quantitative estimate of drug-likeness (QED) is 0.771. The van der Waals surface area contributed by atoms with E-state index in [2.05, 4.69) is 58.5 Å². The molecule has 4 rings (SSSR count). The lowest BCUT2D eigenvalue weighted by atomic mass is 9.98. The molecule has 2 heterocycles. The van der Waals surface area contributed by atoms with E-state index in [4.69, 9.17) is 4.98 Å². The lowest BCUT2D eigenvalue weighted by Gasteiger charge is -2.25. The molecule has 0 fully saturated rings. The Morgan fingerprint density at radius 2 is 1.67 bits per heavy atom. The van der Waals surface area contributed by atoms with Crippen LogP contribution in [0.25, 0.3) is 11.3 Å². The van der Waals surface area contributed by atoms with Crippen molar-refractivity contribution >= 4 is 5.95 Å². The molecule has 1 N–H and O–H groups in total. The lowest BCUT2D eigenvalue weighted by molar-refractivity contribution is 0.548. The van der Waals surface area contributed by atoms with Crippen LogP contribution in [0.1, 0.15) is 11.5 Å². The topological polar surface area (TPSA) is 29.9 Å². The zero-order valence-corrected chi connectivity index (χ0v) is 11.7. The van der Waals surface area contributed by atoms with Crippen molar-refractivity contribution in [1.82, 2.24) is 9.55 Å². The molecule has 0 saturated heterocycles. The van der Waals surface area contributed by atoms with Crippen LogP contribution in [0.5, 0.6) is 0 Å². The average Bonchev–Trinajstić information content (AvgIpc) is 2.99. The van der Waals surface area contributed by atoms with Crippen LogP contribution in [0.3, 0.4) is 0 Å². The number of hydrogen-bond donors (Lipinski definition) is 1. The number of nitrogens with one attached hydrogen (secondary N) is 1. The Balaban J connectivity index is 1.63. The molecular formula is C18H17N3. The van der Waals surface area contributed by atoms with E-state index in [1.54, 1.807) is 0 Å². The summed E-state index contributed by atoms with van der Waals surface area (Å²) in [4.78, 5) is 4.70. The summed E-state index contributed by atoms with van der Waals surface area (Å²) in [6.45, 7) is 1.92. The van der Waals surface area contributed by atoms with Crippen molar-refractivity contribution in [3.8, 4) is 11.3 Å². The SMILES string of the molecule is c1ccc(-c2cn3c(n2)NCC(c2ccccc2)C3)cc1. The number of nitrogens with zero attached hydrogens (tertiary/aromatic N) is 2. The normalized spacial score (nSPS) is 17.0. The molecule has 1 aliphatic heterocycles. The molecular weight excluding hydrogens is 258 g/mol. The Labute approximate surface area is 124 Å². The number of fused-ring (bicyclic) bond motifs is 1. The largest absolute Gasteiger partial charge is 0.355 e. The maximum absolute atomic E-state index is 4.70. The highest BCUT2D eigenvalue weighted by Crippen LogP contribution is 2.28. The zero-order valence-electron chi connectivity index (χ0n) is 11.7. The molecule has 3 nitrogen and oxygen atoms in total. The van der Waals surface area contributed by atoms with Crippen LogP contribution in [0, 0.1) is 0 Å². The third-order valence-corrected chi connectivity index (χ3v) is 4.04. The maximum Gasteiger partial charge on any atom is 0.203 e. The van der Waals surface area contributed by atoms with Gasteiger partial charge in [0.1, 0.15) is 0 Å². The standard InChI is InChI=1S/C18H17N3/c1-3-7-14(8-4-1)16-11-19-18-20-17(13-21(18)12-16)15-9-5-2-6-10-15/h1-10,13,16H,11-12H2,(H,19,20). The molecule has 0 aliphatic carbocycles. The van der Waals surface area contributed by atoms with Gasteiger partial charge >= 0.3 is 0 Å². The molecule has 0 spiro atoms. The van der Waals surface area contributed by atoms with Crippen molar-refractivity contribution in [1.29, 1.82) is 0 Å². The molecule has 104 valence electrons. The van der Waals surface area contributed by atoms with Crippen LogP contribution in [0.15, 0.2) is 66.9 Å². The van der Waals surface area contributed by atoms with Gasteiger partial charge in [0.2, 0.25) is 5.95 Å². The molecule has 1 atom stereocenters. The summed E-state index contributed by atoms with van der Waals surface area (Å²) in [5, 5.41) is 3.45. The zero-order chi connectivity index (χ0) is 14.1. The van der Waals surface area contributed by atoms with E-state index in [0.29, 0.717) is 5.92 Å². The fraction of sp³-hybridized carbons (Fsp3) is 0.167. The Morgan fingerprint density at radius 3 is 2.43 bits per heavy atom. The molecule has 1 unspecified atom stereocenters. The number of rotatable bonds is 2. The number of anilines is 1. The second-order valence-electron chi connectivity index (χ2n) is 5.46. The Morgan fingerprint density at radius 1 is 0.952 bits per heavy atom. The van der Waals surface area contributed by atoms with E-state index in [1.807, 2.05) is 18.2 Å². The number of hydrogen-bond acceptors (Lipinski definition) is 2.